The molecule has 2 aliphatic rings. The molecule has 2 aliphatic heterocycles. The Labute approximate surface area is 158 Å². The van der Waals surface area contributed by atoms with Gasteiger partial charge in [-0.05, 0) is 36.9 Å². The number of rotatable bonds is 5. The fourth-order valence-electron chi connectivity index (χ4n) is 3.97. The van der Waals surface area contributed by atoms with Crippen molar-refractivity contribution in [1.82, 2.24) is 20.4 Å². The number of piperazine rings is 1. The SMILES string of the molecule is CCN1CCN(C2NC(=O)C(Cc3ccc(C(C)C)cc3)C(C)N2)CC1. The molecule has 5 heteroatoms. The summed E-state index contributed by atoms with van der Waals surface area (Å²) in [5.74, 6) is 0.691. The minimum absolute atomic E-state index is 0.0203. The average Bonchev–Trinajstić information content (AvgIpc) is 2.65. The number of carbonyl (C=O) groups is 1. The van der Waals surface area contributed by atoms with Crippen LogP contribution in [0, 0.1) is 5.92 Å². The quantitative estimate of drug-likeness (QED) is 0.845. The number of hydrogen-bond donors (Lipinski definition) is 2. The van der Waals surface area contributed by atoms with E-state index >= 15 is 0 Å². The highest BCUT2D eigenvalue weighted by Crippen LogP contribution is 2.20. The van der Waals surface area contributed by atoms with Gasteiger partial charge in [0.05, 0.1) is 5.92 Å². The van der Waals surface area contributed by atoms with E-state index in [4.69, 9.17) is 0 Å². The molecule has 2 heterocycles. The van der Waals surface area contributed by atoms with Crippen LogP contribution in [0.25, 0.3) is 0 Å². The second kappa shape index (κ2) is 8.51. The minimum atomic E-state index is -0.0314. The molecule has 5 nitrogen and oxygen atoms in total. The van der Waals surface area contributed by atoms with Crippen LogP contribution in [0.15, 0.2) is 24.3 Å². The van der Waals surface area contributed by atoms with Crippen LogP contribution in [-0.2, 0) is 11.2 Å². The van der Waals surface area contributed by atoms with Gasteiger partial charge in [-0.15, -0.1) is 0 Å². The van der Waals surface area contributed by atoms with Crippen LogP contribution in [0.1, 0.15) is 44.7 Å². The molecule has 144 valence electrons. The largest absolute Gasteiger partial charge is 0.328 e. The Kier molecular flexibility index (Phi) is 6.33. The molecule has 1 aromatic carbocycles. The first-order valence-electron chi connectivity index (χ1n) is 10.1. The maximum Gasteiger partial charge on any atom is 0.227 e. The Morgan fingerprint density at radius 3 is 2.31 bits per heavy atom. The summed E-state index contributed by atoms with van der Waals surface area (Å²) >= 11 is 0. The first-order valence-corrected chi connectivity index (χ1v) is 10.1. The maximum absolute atomic E-state index is 12.8. The van der Waals surface area contributed by atoms with Gasteiger partial charge >= 0.3 is 0 Å². The standard InChI is InChI=1S/C21H34N4O/c1-5-24-10-12-25(13-11-24)21-22-16(4)19(20(26)23-21)14-17-6-8-18(9-7-17)15(2)3/h6-9,15-16,19,21-22H,5,10-14H2,1-4H3,(H,23,26). The van der Waals surface area contributed by atoms with Gasteiger partial charge in [0.15, 0.2) is 0 Å². The van der Waals surface area contributed by atoms with Gasteiger partial charge in [-0.3, -0.25) is 15.0 Å². The van der Waals surface area contributed by atoms with E-state index < -0.39 is 0 Å². The number of hydrogen-bond acceptors (Lipinski definition) is 4. The highest BCUT2D eigenvalue weighted by atomic mass is 16.2. The lowest BCUT2D eigenvalue weighted by Gasteiger charge is -2.44. The van der Waals surface area contributed by atoms with Crippen LogP contribution in [0.3, 0.4) is 0 Å². The molecule has 0 aromatic heterocycles. The number of carbonyl (C=O) groups excluding carboxylic acids is 1. The van der Waals surface area contributed by atoms with Gasteiger partial charge in [0, 0.05) is 32.2 Å². The zero-order chi connectivity index (χ0) is 18.7. The van der Waals surface area contributed by atoms with Crippen LogP contribution >= 0.6 is 0 Å². The zero-order valence-corrected chi connectivity index (χ0v) is 16.7. The van der Waals surface area contributed by atoms with Crippen LogP contribution in [0.4, 0.5) is 0 Å². The van der Waals surface area contributed by atoms with Crippen molar-refractivity contribution in [3.8, 4) is 0 Å². The van der Waals surface area contributed by atoms with Crippen molar-refractivity contribution >= 4 is 5.91 Å². The molecule has 0 bridgehead atoms. The third-order valence-electron chi connectivity index (χ3n) is 5.96. The lowest BCUT2D eigenvalue weighted by atomic mass is 9.89. The normalized spacial score (nSPS) is 28.3. The molecule has 2 N–H and O–H groups in total. The Hall–Kier alpha value is -1.43. The second-order valence-corrected chi connectivity index (χ2v) is 8.04. The molecule has 3 atom stereocenters. The van der Waals surface area contributed by atoms with Gasteiger partial charge in [-0.1, -0.05) is 45.0 Å². The molecule has 3 unspecified atom stereocenters. The van der Waals surface area contributed by atoms with Gasteiger partial charge in [-0.2, -0.15) is 0 Å². The number of likely N-dealkylation sites (N-methyl/N-ethyl adjacent to an activating group) is 1. The van der Waals surface area contributed by atoms with Crippen molar-refractivity contribution in [2.24, 2.45) is 5.92 Å². The smallest absolute Gasteiger partial charge is 0.227 e. The van der Waals surface area contributed by atoms with E-state index in [1.165, 1.54) is 11.1 Å². The number of amides is 1. The third-order valence-corrected chi connectivity index (χ3v) is 5.96. The summed E-state index contributed by atoms with van der Waals surface area (Å²) in [4.78, 5) is 17.6. The van der Waals surface area contributed by atoms with Crippen molar-refractivity contribution in [3.63, 3.8) is 0 Å². The van der Waals surface area contributed by atoms with E-state index in [0.717, 1.165) is 39.1 Å². The van der Waals surface area contributed by atoms with Crippen molar-refractivity contribution in [3.05, 3.63) is 35.4 Å². The van der Waals surface area contributed by atoms with Crippen LogP contribution in [-0.4, -0.2) is 60.8 Å². The zero-order valence-electron chi connectivity index (χ0n) is 16.7. The van der Waals surface area contributed by atoms with Crippen molar-refractivity contribution in [2.45, 2.75) is 52.4 Å². The fraction of sp³-hybridized carbons (Fsp3) is 0.667. The van der Waals surface area contributed by atoms with Crippen LogP contribution in [0.5, 0.6) is 0 Å². The molecule has 1 amide bonds. The molecule has 26 heavy (non-hydrogen) atoms. The Balaban J connectivity index is 1.57. The molecule has 0 saturated carbocycles. The molecule has 0 radical (unpaired) electrons. The van der Waals surface area contributed by atoms with Crippen molar-refractivity contribution in [1.29, 1.82) is 0 Å². The predicted octanol–water partition coefficient (Wildman–Crippen LogP) is 2.00. The predicted molar refractivity (Wildman–Crippen MR) is 106 cm³/mol. The van der Waals surface area contributed by atoms with E-state index in [-0.39, 0.29) is 24.2 Å². The van der Waals surface area contributed by atoms with Gasteiger partial charge in [-0.25, -0.2) is 0 Å². The summed E-state index contributed by atoms with van der Waals surface area (Å²) in [7, 11) is 0. The number of nitrogens with zero attached hydrogens (tertiary/aromatic N) is 2. The molecule has 1 aromatic rings. The molecule has 3 rings (SSSR count). The molecule has 0 aliphatic carbocycles. The molecular weight excluding hydrogens is 324 g/mol. The fourth-order valence-corrected chi connectivity index (χ4v) is 3.97. The van der Waals surface area contributed by atoms with E-state index in [2.05, 4.69) is 72.4 Å². The van der Waals surface area contributed by atoms with Gasteiger partial charge in [0.1, 0.15) is 6.29 Å². The summed E-state index contributed by atoms with van der Waals surface area (Å²) in [5.41, 5.74) is 2.58. The maximum atomic E-state index is 12.8. The Morgan fingerprint density at radius 1 is 1.12 bits per heavy atom. The van der Waals surface area contributed by atoms with E-state index in [1.807, 2.05) is 0 Å². The Bertz CT molecular complexity index is 593. The van der Waals surface area contributed by atoms with E-state index in [1.54, 1.807) is 0 Å². The van der Waals surface area contributed by atoms with Gasteiger partial charge in [0.2, 0.25) is 5.91 Å². The lowest BCUT2D eigenvalue weighted by Crippen LogP contribution is -2.69. The topological polar surface area (TPSA) is 47.6 Å². The van der Waals surface area contributed by atoms with Crippen molar-refractivity contribution in [2.75, 3.05) is 32.7 Å². The summed E-state index contributed by atoms with van der Waals surface area (Å²) in [6.45, 7) is 14.0. The van der Waals surface area contributed by atoms with Crippen molar-refractivity contribution < 1.29 is 4.79 Å². The summed E-state index contributed by atoms with van der Waals surface area (Å²) in [5, 5.41) is 6.83. The first-order chi connectivity index (χ1) is 12.5. The number of benzene rings is 1. The molecule has 0 spiro atoms. The van der Waals surface area contributed by atoms with Crippen LogP contribution < -0.4 is 10.6 Å². The molecule has 2 fully saturated rings. The number of nitrogens with one attached hydrogen (secondary N) is 2. The lowest BCUT2D eigenvalue weighted by molar-refractivity contribution is -0.132. The minimum Gasteiger partial charge on any atom is -0.328 e. The summed E-state index contributed by atoms with van der Waals surface area (Å²) in [6, 6.07) is 8.89. The van der Waals surface area contributed by atoms with E-state index in [9.17, 15) is 4.79 Å². The third kappa shape index (κ3) is 4.45. The summed E-state index contributed by atoms with van der Waals surface area (Å²) < 4.78 is 0. The van der Waals surface area contributed by atoms with E-state index in [0.29, 0.717) is 5.92 Å². The molecular formula is C21H34N4O. The van der Waals surface area contributed by atoms with Gasteiger partial charge < -0.3 is 10.2 Å². The molecule has 2 saturated heterocycles. The average molecular weight is 359 g/mol. The Morgan fingerprint density at radius 2 is 1.77 bits per heavy atom. The monoisotopic (exact) mass is 358 g/mol. The first kappa shape index (κ1) is 19.3. The highest BCUT2D eigenvalue weighted by Gasteiger charge is 2.36. The highest BCUT2D eigenvalue weighted by molar-refractivity contribution is 5.80. The van der Waals surface area contributed by atoms with Crippen LogP contribution in [0.2, 0.25) is 0 Å². The second-order valence-electron chi connectivity index (χ2n) is 8.04. The summed E-state index contributed by atoms with van der Waals surface area (Å²) in [6.07, 6.45) is 0.755. The van der Waals surface area contributed by atoms with Gasteiger partial charge in [0.25, 0.3) is 0 Å².